The van der Waals surface area contributed by atoms with Gasteiger partial charge in [-0.3, -0.25) is 72.5 Å². The SMILES string of the molecule is CN[C@@H](CCCCN)C(=O)NCC(=O)N[C@@H](Cc1cnc[nH]1)C(=O)N[C@@H](CCC(N)=O)C(=O)N[C@@H](CCCCN)C(=O)N[C@@H](CCCNC(=N)N)C(=O)N[C@@H](CCCCN)C(=O)N[C@@H](C)C(=O)N[C@@H](CC(C)C)C(=O)N[C@@H](CCCCN)C(=O)N[C@H](C(=O)N[C@H](C(=O)N[C@H](C(N)=O)C(C)C)[C@@H](C)O)[C@@H](C)O. The summed E-state index contributed by atoms with van der Waals surface area (Å²) in [5, 5.41) is 64.9. The molecule has 0 unspecified atom stereocenters. The molecule has 0 fully saturated rings. The van der Waals surface area contributed by atoms with E-state index in [0.29, 0.717) is 50.8 Å². The summed E-state index contributed by atoms with van der Waals surface area (Å²) in [6.45, 7) is 10.8. The largest absolute Gasteiger partial charge is 0.391 e. The number of carbonyl (C=O) groups is 14. The van der Waals surface area contributed by atoms with Crippen molar-refractivity contribution in [2.45, 2.75) is 249 Å². The van der Waals surface area contributed by atoms with Crippen molar-refractivity contribution in [3.8, 4) is 0 Å². The van der Waals surface area contributed by atoms with Gasteiger partial charge in [-0.15, -0.1) is 0 Å². The Hall–Kier alpha value is -9.22. The molecule has 0 radical (unpaired) electrons. The molecule has 0 spiro atoms. The predicted octanol–water partition coefficient (Wildman–Crippen LogP) is -8.00. The highest BCUT2D eigenvalue weighted by Gasteiger charge is 2.38. The smallest absolute Gasteiger partial charge is 0.245 e. The third-order valence-corrected chi connectivity index (χ3v) is 16.8. The fourth-order valence-electron chi connectivity index (χ4n) is 10.8. The van der Waals surface area contributed by atoms with Gasteiger partial charge >= 0.3 is 0 Å². The lowest BCUT2D eigenvalue weighted by atomic mass is 10.0. The molecule has 14 amide bonds. The lowest BCUT2D eigenvalue weighted by molar-refractivity contribution is -0.138. The first-order valence-corrected chi connectivity index (χ1v) is 36.1. The van der Waals surface area contributed by atoms with Crippen LogP contribution >= 0.6 is 0 Å². The van der Waals surface area contributed by atoms with Crippen molar-refractivity contribution in [2.24, 2.45) is 52.0 Å². The molecule has 0 aliphatic carbocycles. The average Bonchev–Trinajstić information content (AvgIpc) is 0.865. The van der Waals surface area contributed by atoms with E-state index in [1.54, 1.807) is 34.7 Å². The summed E-state index contributed by atoms with van der Waals surface area (Å²) in [7, 11) is 1.59. The zero-order valence-electron chi connectivity index (χ0n) is 62.5. The molecule has 0 aliphatic heterocycles. The van der Waals surface area contributed by atoms with Crippen LogP contribution < -0.4 is 115 Å². The van der Waals surface area contributed by atoms with Crippen LogP contribution in [0.5, 0.6) is 0 Å². The lowest BCUT2D eigenvalue weighted by Gasteiger charge is -2.29. The Bertz CT molecular complexity index is 2960. The number of nitrogens with zero attached hydrogens (tertiary/aromatic N) is 1. The van der Waals surface area contributed by atoms with Crippen molar-refractivity contribution in [1.82, 2.24) is 84.4 Å². The summed E-state index contributed by atoms with van der Waals surface area (Å²) in [6.07, 6.45) is 1.81. The monoisotopic (exact) mass is 1510 g/mol. The maximum Gasteiger partial charge on any atom is 0.245 e. The molecule has 0 bridgehead atoms. The number of H-pyrrole nitrogens is 1. The van der Waals surface area contributed by atoms with E-state index in [-0.39, 0.29) is 96.3 Å². The highest BCUT2D eigenvalue weighted by atomic mass is 16.3. The van der Waals surface area contributed by atoms with Crippen molar-refractivity contribution in [2.75, 3.05) is 46.3 Å². The maximum absolute atomic E-state index is 14.6. The second kappa shape index (κ2) is 51.9. The van der Waals surface area contributed by atoms with Gasteiger partial charge in [0.25, 0.3) is 0 Å². The predicted molar refractivity (Wildman–Crippen MR) is 391 cm³/mol. The topological polar surface area (TPSA) is 683 Å². The minimum atomic E-state index is -1.78. The van der Waals surface area contributed by atoms with Crippen LogP contribution in [0.4, 0.5) is 0 Å². The number of imidazole rings is 1. The second-order valence-corrected chi connectivity index (χ2v) is 26.9. The number of rotatable bonds is 56. The number of nitrogens with two attached hydrogens (primary N) is 7. The minimum Gasteiger partial charge on any atom is -0.391 e. The van der Waals surface area contributed by atoms with Gasteiger partial charge in [0, 0.05) is 31.3 Å². The third-order valence-electron chi connectivity index (χ3n) is 16.8. The Morgan fingerprint density at radius 1 is 0.443 bits per heavy atom. The summed E-state index contributed by atoms with van der Waals surface area (Å²) in [6, 6.07) is -16.9. The van der Waals surface area contributed by atoms with Crippen LogP contribution in [0.1, 0.15) is 163 Å². The van der Waals surface area contributed by atoms with Gasteiger partial charge in [0.1, 0.15) is 66.5 Å². The normalized spacial score (nSPS) is 15.2. The molecule has 106 heavy (non-hydrogen) atoms. The first-order valence-electron chi connectivity index (χ1n) is 36.1. The van der Waals surface area contributed by atoms with Crippen LogP contribution in [-0.2, 0) is 73.5 Å². The Balaban J connectivity index is 3.63. The summed E-state index contributed by atoms with van der Waals surface area (Å²) in [5.74, 6) is -13.7. The van der Waals surface area contributed by atoms with Gasteiger partial charge in [-0.2, -0.15) is 0 Å². The summed E-state index contributed by atoms with van der Waals surface area (Å²) >= 11 is 0. The van der Waals surface area contributed by atoms with E-state index in [1.165, 1.54) is 26.4 Å². The highest BCUT2D eigenvalue weighted by Crippen LogP contribution is 2.14. The Kier molecular flexibility index (Phi) is 46.4. The zero-order chi connectivity index (χ0) is 80.2. The molecule has 0 aliphatic rings. The molecule has 602 valence electrons. The standard InChI is InChI=1S/C66H122N24O16/c1-35(2)30-47(62(103)85-44(21-12-16-28-70)61(102)89-52(38(6)91)65(106)90-53(39(7)92)64(105)88-51(36(3)4)54(72)95)87-55(96)37(5)80-57(98)42(19-10-14-26-68)82-59(100)45(22-17-29-77-66(73)74)84-58(99)43(20-11-15-27-69)83-60(101)46(23-24-49(71)93)86-63(104)48(31-40-32-76-34-79-40)81-50(94)33-78-56(97)41(75-8)18-9-13-25-67/h32,34-39,41-48,51-53,75,91-92H,9-31,33,67-70H2,1-8H3,(H2,71,93)(H2,72,95)(H,76,79)(H,78,97)(H,80,98)(H,81,94)(H,82,100)(H,83,101)(H,84,99)(H,85,103)(H,86,104)(H,87,96)(H,88,105)(H,89,102)(H,90,106)(H4,73,74,77)/t37-,38+,39+,41-,42-,43-,44-,45-,46-,47-,48-,51-,52-,53-/m0/s1. The molecule has 1 rings (SSSR count). The minimum absolute atomic E-state index is 0.0188. The number of aromatic nitrogens is 2. The molecule has 14 atom stereocenters. The highest BCUT2D eigenvalue weighted by molar-refractivity contribution is 6.00. The van der Waals surface area contributed by atoms with Crippen LogP contribution in [-0.4, -0.2) is 240 Å². The quantitative estimate of drug-likeness (QED) is 0.0164. The number of unbranched alkanes of at least 4 members (excludes halogenated alkanes) is 4. The molecular weight excluding hydrogens is 1380 g/mol. The van der Waals surface area contributed by atoms with Crippen LogP contribution in [0, 0.1) is 17.2 Å². The van der Waals surface area contributed by atoms with Gasteiger partial charge in [-0.1, -0.05) is 34.1 Å². The van der Waals surface area contributed by atoms with E-state index >= 15 is 0 Å². The number of hydrogen-bond acceptors (Lipinski definition) is 23. The van der Waals surface area contributed by atoms with Crippen molar-refractivity contribution in [3.63, 3.8) is 0 Å². The van der Waals surface area contributed by atoms with Crippen LogP contribution in [0.25, 0.3) is 0 Å². The summed E-state index contributed by atoms with van der Waals surface area (Å²) < 4.78 is 0. The third kappa shape index (κ3) is 37.7. The molecular formula is C66H122N24O16. The lowest BCUT2D eigenvalue weighted by Crippen LogP contribution is -2.63. The van der Waals surface area contributed by atoms with E-state index in [1.807, 2.05) is 0 Å². The van der Waals surface area contributed by atoms with Gasteiger partial charge in [0.05, 0.1) is 31.1 Å². The van der Waals surface area contributed by atoms with Crippen LogP contribution in [0.15, 0.2) is 12.5 Å². The molecule has 32 N–H and O–H groups in total. The van der Waals surface area contributed by atoms with Gasteiger partial charge < -0.3 is 130 Å². The molecule has 1 aromatic heterocycles. The molecule has 1 heterocycles. The van der Waals surface area contributed by atoms with Crippen LogP contribution in [0.2, 0.25) is 0 Å². The number of carbonyl (C=O) groups excluding carboxylic acids is 14. The molecule has 40 heteroatoms. The van der Waals surface area contributed by atoms with Gasteiger partial charge in [0.2, 0.25) is 82.7 Å². The number of amides is 14. The summed E-state index contributed by atoms with van der Waals surface area (Å²) in [5.41, 5.74) is 39.9. The van der Waals surface area contributed by atoms with E-state index in [0.717, 1.165) is 6.92 Å². The number of hydrogen-bond donors (Lipinski definition) is 25. The van der Waals surface area contributed by atoms with Gasteiger partial charge in [-0.05, 0) is 162 Å². The van der Waals surface area contributed by atoms with Gasteiger partial charge in [-0.25, -0.2) is 4.98 Å². The number of nitrogens with one attached hydrogen (secondary N) is 16. The van der Waals surface area contributed by atoms with Crippen molar-refractivity contribution >= 4 is 88.7 Å². The Morgan fingerprint density at radius 2 is 0.830 bits per heavy atom. The summed E-state index contributed by atoms with van der Waals surface area (Å²) in [4.78, 5) is 199. The number of aliphatic hydroxyl groups is 2. The molecule has 40 nitrogen and oxygen atoms in total. The number of likely N-dealkylation sites (N-methyl/N-ethyl adjacent to an activating group) is 1. The molecule has 1 aromatic rings. The van der Waals surface area contributed by atoms with Crippen molar-refractivity contribution < 1.29 is 77.3 Å². The zero-order valence-corrected chi connectivity index (χ0v) is 62.5. The van der Waals surface area contributed by atoms with E-state index < -0.39 is 199 Å². The van der Waals surface area contributed by atoms with E-state index in [9.17, 15) is 77.3 Å². The second-order valence-electron chi connectivity index (χ2n) is 26.9. The van der Waals surface area contributed by atoms with Gasteiger partial charge in [0.15, 0.2) is 5.96 Å². The van der Waals surface area contributed by atoms with E-state index in [4.69, 9.17) is 45.5 Å². The maximum atomic E-state index is 14.6. The number of aliphatic hydroxyl groups excluding tert-OH is 2. The first kappa shape index (κ1) is 94.8. The van der Waals surface area contributed by atoms with Crippen molar-refractivity contribution in [1.29, 1.82) is 5.41 Å². The molecule has 0 saturated carbocycles. The van der Waals surface area contributed by atoms with E-state index in [2.05, 4.69) is 84.4 Å². The average molecular weight is 1510 g/mol. The van der Waals surface area contributed by atoms with Crippen molar-refractivity contribution in [3.05, 3.63) is 18.2 Å². The Morgan fingerprint density at radius 3 is 1.22 bits per heavy atom. The number of primary amides is 2. The number of aromatic amines is 1. The Labute approximate surface area is 618 Å². The number of guanidine groups is 1. The molecule has 0 saturated heterocycles. The molecule has 0 aromatic carbocycles. The first-order chi connectivity index (χ1) is 50.0. The van der Waals surface area contributed by atoms with Crippen LogP contribution in [0.3, 0.4) is 0 Å². The fourth-order valence-corrected chi connectivity index (χ4v) is 10.8. The fraction of sp³-hybridized carbons (Fsp3) is 0.727.